The van der Waals surface area contributed by atoms with Crippen LogP contribution in [-0.4, -0.2) is 24.1 Å². The molecule has 63 heavy (non-hydrogen) atoms. The van der Waals surface area contributed by atoms with Crippen LogP contribution in [0.3, 0.4) is 0 Å². The molecule has 0 N–H and O–H groups in total. The van der Waals surface area contributed by atoms with Crippen molar-refractivity contribution in [2.45, 2.75) is 0 Å². The summed E-state index contributed by atoms with van der Waals surface area (Å²) in [6.45, 7) is 0. The van der Waals surface area contributed by atoms with Gasteiger partial charge in [-0.3, -0.25) is 4.57 Å². The minimum Gasteiger partial charge on any atom is -0.455 e. The van der Waals surface area contributed by atoms with Gasteiger partial charge in [0.2, 0.25) is 5.95 Å². The van der Waals surface area contributed by atoms with Crippen LogP contribution in [0.15, 0.2) is 217 Å². The monoisotopic (exact) mass is 805 g/mol. The van der Waals surface area contributed by atoms with Crippen LogP contribution in [-0.2, 0) is 0 Å². The molecule has 0 fully saturated rings. The van der Waals surface area contributed by atoms with E-state index in [4.69, 9.17) is 19.4 Å². The van der Waals surface area contributed by atoms with E-state index in [1.54, 1.807) is 0 Å². The van der Waals surface area contributed by atoms with Gasteiger partial charge in [-0.05, 0) is 70.8 Å². The second-order valence-corrected chi connectivity index (χ2v) is 16.0. The molecule has 0 aliphatic heterocycles. The van der Waals surface area contributed by atoms with Gasteiger partial charge in [-0.2, -0.15) is 9.97 Å². The van der Waals surface area contributed by atoms with Crippen LogP contribution in [0.5, 0.6) is 0 Å². The summed E-state index contributed by atoms with van der Waals surface area (Å²) < 4.78 is 11.5. The van der Waals surface area contributed by atoms with Crippen LogP contribution in [0, 0.1) is 0 Å². The van der Waals surface area contributed by atoms with Gasteiger partial charge in [-0.25, -0.2) is 4.98 Å². The summed E-state index contributed by atoms with van der Waals surface area (Å²) in [6, 6.07) is 74.4. The number of nitrogens with zero attached hydrogens (tertiary/aromatic N) is 5. The number of rotatable bonds is 6. The fourth-order valence-corrected chi connectivity index (χ4v) is 9.46. The molecule has 0 spiro atoms. The molecule has 4 heterocycles. The molecule has 4 aromatic heterocycles. The van der Waals surface area contributed by atoms with Crippen molar-refractivity contribution in [1.82, 2.24) is 24.1 Å². The lowest BCUT2D eigenvalue weighted by Crippen LogP contribution is -2.06. The second-order valence-electron chi connectivity index (χ2n) is 16.0. The molecule has 0 saturated carbocycles. The number of aromatic nitrogens is 5. The van der Waals surface area contributed by atoms with Gasteiger partial charge in [0.1, 0.15) is 11.2 Å². The Hall–Kier alpha value is -8.61. The Morgan fingerprint density at radius 3 is 1.54 bits per heavy atom. The molecule has 13 aromatic rings. The van der Waals surface area contributed by atoms with Gasteiger partial charge in [0, 0.05) is 43.6 Å². The third kappa shape index (κ3) is 5.62. The lowest BCUT2D eigenvalue weighted by molar-refractivity contribution is 0.670. The van der Waals surface area contributed by atoms with Crippen molar-refractivity contribution in [3.63, 3.8) is 0 Å². The third-order valence-electron chi connectivity index (χ3n) is 12.4. The Balaban J connectivity index is 1.03. The van der Waals surface area contributed by atoms with Gasteiger partial charge in [0.05, 0.1) is 27.6 Å². The van der Waals surface area contributed by atoms with Crippen molar-refractivity contribution in [3.05, 3.63) is 212 Å². The highest BCUT2D eigenvalue weighted by Crippen LogP contribution is 2.41. The van der Waals surface area contributed by atoms with Gasteiger partial charge in [0.15, 0.2) is 11.6 Å². The van der Waals surface area contributed by atoms with E-state index in [1.165, 1.54) is 11.1 Å². The molecule has 6 nitrogen and oxygen atoms in total. The molecular formula is C57H35N5O. The quantitative estimate of drug-likeness (QED) is 0.168. The van der Waals surface area contributed by atoms with E-state index < -0.39 is 0 Å². The largest absolute Gasteiger partial charge is 0.455 e. The van der Waals surface area contributed by atoms with E-state index in [9.17, 15) is 0 Å². The highest BCUT2D eigenvalue weighted by molar-refractivity contribution is 6.18. The van der Waals surface area contributed by atoms with Crippen LogP contribution in [0.1, 0.15) is 0 Å². The predicted molar refractivity (Wildman–Crippen MR) is 258 cm³/mol. The maximum Gasteiger partial charge on any atom is 0.238 e. The van der Waals surface area contributed by atoms with E-state index >= 15 is 0 Å². The predicted octanol–water partition coefficient (Wildman–Crippen LogP) is 14.6. The first-order valence-electron chi connectivity index (χ1n) is 21.2. The summed E-state index contributed by atoms with van der Waals surface area (Å²) in [6.07, 6.45) is 0. The van der Waals surface area contributed by atoms with Crippen LogP contribution in [0.25, 0.3) is 122 Å². The number of furan rings is 1. The smallest absolute Gasteiger partial charge is 0.238 e. The molecule has 0 radical (unpaired) electrons. The summed E-state index contributed by atoms with van der Waals surface area (Å²) in [4.78, 5) is 15.8. The van der Waals surface area contributed by atoms with Gasteiger partial charge in [0.25, 0.3) is 0 Å². The maximum atomic E-state index is 6.95. The molecular weight excluding hydrogens is 771 g/mol. The van der Waals surface area contributed by atoms with Crippen molar-refractivity contribution in [1.29, 1.82) is 0 Å². The molecule has 0 bridgehead atoms. The van der Waals surface area contributed by atoms with Crippen LogP contribution < -0.4 is 0 Å². The van der Waals surface area contributed by atoms with Crippen molar-refractivity contribution >= 4 is 65.6 Å². The first-order chi connectivity index (χ1) is 31.2. The highest BCUT2D eigenvalue weighted by Gasteiger charge is 2.22. The molecule has 0 aliphatic rings. The standard InChI is InChI=1S/C57H35N5O/c1-3-15-36(16-4-1)38-29-31-39(32-30-38)55-58-56(60-57(59-55)62-50-27-11-7-21-42(50)43-22-8-12-28-51(43)62)46-25-14-24-45-48-34-52-47(35-53(48)63-54(45)46)44-23-9-10-26-49(44)61(52)41-20-13-19-40(33-41)37-17-5-2-6-18-37/h1-35H. The maximum absolute atomic E-state index is 6.95. The molecule has 0 aliphatic carbocycles. The summed E-state index contributed by atoms with van der Waals surface area (Å²) in [5.74, 6) is 1.65. The Kier molecular flexibility index (Phi) is 7.80. The van der Waals surface area contributed by atoms with E-state index in [0.717, 1.165) is 93.5 Å². The molecule has 0 saturated heterocycles. The minimum atomic E-state index is 0.533. The topological polar surface area (TPSA) is 61.7 Å². The molecule has 13 rings (SSSR count). The first-order valence-corrected chi connectivity index (χ1v) is 21.2. The lowest BCUT2D eigenvalue weighted by Gasteiger charge is -2.11. The van der Waals surface area contributed by atoms with Gasteiger partial charge < -0.3 is 8.98 Å². The number of fused-ring (bicyclic) bond motifs is 9. The zero-order valence-electron chi connectivity index (χ0n) is 33.9. The molecule has 6 heteroatoms. The Bertz CT molecular complexity index is 3850. The van der Waals surface area contributed by atoms with E-state index in [-0.39, 0.29) is 0 Å². The molecule has 0 amide bonds. The van der Waals surface area contributed by atoms with Crippen molar-refractivity contribution in [2.75, 3.05) is 0 Å². The van der Waals surface area contributed by atoms with E-state index in [0.29, 0.717) is 17.6 Å². The Labute approximate surface area is 361 Å². The fourth-order valence-electron chi connectivity index (χ4n) is 9.46. The fraction of sp³-hybridized carbons (Fsp3) is 0. The minimum absolute atomic E-state index is 0.533. The van der Waals surface area contributed by atoms with Gasteiger partial charge >= 0.3 is 0 Å². The summed E-state index contributed by atoms with van der Waals surface area (Å²) in [5, 5.41) is 6.58. The van der Waals surface area contributed by atoms with Crippen LogP contribution >= 0.6 is 0 Å². The number of hydrogen-bond donors (Lipinski definition) is 0. The normalized spacial score (nSPS) is 11.8. The summed E-state index contributed by atoms with van der Waals surface area (Å²) in [7, 11) is 0. The van der Waals surface area contributed by atoms with E-state index in [2.05, 4.69) is 215 Å². The van der Waals surface area contributed by atoms with Crippen LogP contribution in [0.2, 0.25) is 0 Å². The van der Waals surface area contributed by atoms with Crippen molar-refractivity contribution in [3.8, 4) is 56.7 Å². The molecule has 9 aromatic carbocycles. The average Bonchev–Trinajstić information content (AvgIpc) is 4.01. The Morgan fingerprint density at radius 1 is 0.317 bits per heavy atom. The highest BCUT2D eigenvalue weighted by atomic mass is 16.3. The number of para-hydroxylation sites is 4. The van der Waals surface area contributed by atoms with Crippen molar-refractivity contribution < 1.29 is 4.42 Å². The first kappa shape index (κ1) is 35.2. The number of benzene rings is 9. The van der Waals surface area contributed by atoms with E-state index in [1.807, 2.05) is 6.07 Å². The van der Waals surface area contributed by atoms with Gasteiger partial charge in [-0.15, -0.1) is 0 Å². The molecule has 0 atom stereocenters. The molecule has 294 valence electrons. The average molecular weight is 806 g/mol. The lowest BCUT2D eigenvalue weighted by atomic mass is 10.0. The summed E-state index contributed by atoms with van der Waals surface area (Å²) in [5.41, 5.74) is 13.3. The third-order valence-corrected chi connectivity index (χ3v) is 12.4. The second kappa shape index (κ2) is 14.0. The van der Waals surface area contributed by atoms with Gasteiger partial charge in [-0.1, -0.05) is 164 Å². The van der Waals surface area contributed by atoms with Crippen LogP contribution in [0.4, 0.5) is 0 Å². The van der Waals surface area contributed by atoms with Crippen molar-refractivity contribution in [2.24, 2.45) is 0 Å². The summed E-state index contributed by atoms with van der Waals surface area (Å²) >= 11 is 0. The zero-order valence-corrected chi connectivity index (χ0v) is 33.9. The zero-order chi connectivity index (χ0) is 41.4. The molecule has 0 unspecified atom stereocenters. The number of hydrogen-bond acceptors (Lipinski definition) is 4. The SMILES string of the molecule is c1ccc(-c2ccc(-c3nc(-c4cccc5c4oc4cc6c7ccccc7n(-c7cccc(-c8ccccc8)c7)c6cc45)nc(-n4c5ccccc5c5ccccc54)n3)cc2)cc1. The Morgan fingerprint density at radius 2 is 0.841 bits per heavy atom.